The minimum Gasteiger partial charge on any atom is -0.271 e. The van der Waals surface area contributed by atoms with Gasteiger partial charge in [-0.05, 0) is 105 Å². The molecule has 2 aliphatic heterocycles. The molecule has 7 aromatic carbocycles. The van der Waals surface area contributed by atoms with Gasteiger partial charge in [0.15, 0.2) is 0 Å². The molecule has 0 bridgehead atoms. The van der Waals surface area contributed by atoms with Crippen molar-refractivity contribution in [3.05, 3.63) is 156 Å². The van der Waals surface area contributed by atoms with Gasteiger partial charge in [-0.1, -0.05) is 148 Å². The van der Waals surface area contributed by atoms with Crippen LogP contribution in [-0.2, 0) is 0 Å². The first-order chi connectivity index (χ1) is 29.4. The highest BCUT2D eigenvalue weighted by molar-refractivity contribution is 6.28. The van der Waals surface area contributed by atoms with Gasteiger partial charge in [-0.15, -0.1) is 0 Å². The van der Waals surface area contributed by atoms with Crippen LogP contribution in [0.15, 0.2) is 133 Å². The molecule has 4 aliphatic rings. The maximum atomic E-state index is 13.8. The highest BCUT2D eigenvalue weighted by Gasteiger charge is 2.39. The van der Waals surface area contributed by atoms with Crippen LogP contribution in [0.3, 0.4) is 0 Å². The Hall–Kier alpha value is -6.66. The first-order valence-corrected chi connectivity index (χ1v) is 21.6. The molecule has 2 heterocycles. The molecule has 4 amide bonds. The van der Waals surface area contributed by atoms with E-state index >= 15 is 0 Å². The van der Waals surface area contributed by atoms with Crippen LogP contribution < -0.4 is 0 Å². The Bertz CT molecular complexity index is 2660. The third-order valence-electron chi connectivity index (χ3n) is 13.7. The third-order valence-corrected chi connectivity index (χ3v) is 13.7. The maximum Gasteiger partial charge on any atom is 0.261 e. The average Bonchev–Trinajstić information content (AvgIpc) is 3.30. The van der Waals surface area contributed by atoms with Gasteiger partial charge in [0.1, 0.15) is 0 Å². The number of hydrogen-bond acceptors (Lipinski definition) is 4. The largest absolute Gasteiger partial charge is 0.271 e. The molecule has 60 heavy (non-hydrogen) atoms. The molecular formula is C54H44N2O4. The fourth-order valence-electron chi connectivity index (χ4n) is 10.6. The zero-order valence-corrected chi connectivity index (χ0v) is 33.5. The molecule has 0 atom stereocenters. The number of benzene rings is 7. The van der Waals surface area contributed by atoms with Crippen molar-refractivity contribution in [3.8, 4) is 44.5 Å². The summed E-state index contributed by atoms with van der Waals surface area (Å²) in [4.78, 5) is 58.2. The summed E-state index contributed by atoms with van der Waals surface area (Å²) in [6.45, 7) is 0. The number of amides is 4. The van der Waals surface area contributed by atoms with E-state index in [1.54, 1.807) is 9.80 Å². The lowest BCUT2D eigenvalue weighted by atomic mass is 9.86. The maximum absolute atomic E-state index is 13.8. The van der Waals surface area contributed by atoms with Crippen LogP contribution >= 0.6 is 0 Å². The van der Waals surface area contributed by atoms with Crippen LogP contribution in [0.4, 0.5) is 0 Å². The van der Waals surface area contributed by atoms with Crippen molar-refractivity contribution in [3.63, 3.8) is 0 Å². The number of nitrogens with zero attached hydrogens (tertiary/aromatic N) is 2. The van der Waals surface area contributed by atoms with E-state index in [4.69, 9.17) is 0 Å². The van der Waals surface area contributed by atoms with Crippen LogP contribution in [0.5, 0.6) is 0 Å². The molecule has 11 rings (SSSR count). The Morgan fingerprint density at radius 2 is 0.583 bits per heavy atom. The van der Waals surface area contributed by atoms with E-state index in [0.29, 0.717) is 22.3 Å². The van der Waals surface area contributed by atoms with Crippen LogP contribution in [0, 0.1) is 0 Å². The SMILES string of the molecule is O=C1c2cccc3c(-c4ccc(-c5ccc(-c6ccc(-c7ccc8c9c(cccc79)C(=O)N(C7CCCCC7)C8=O)cc6)cc5)cc4)ccc(c23)C(=O)N1C1CCCCC1. The van der Waals surface area contributed by atoms with Gasteiger partial charge in [0, 0.05) is 45.1 Å². The molecular weight excluding hydrogens is 741 g/mol. The van der Waals surface area contributed by atoms with E-state index < -0.39 is 0 Å². The topological polar surface area (TPSA) is 74.8 Å². The average molecular weight is 785 g/mol. The second-order valence-electron chi connectivity index (χ2n) is 17.1. The fraction of sp³-hybridized carbons (Fsp3) is 0.222. The van der Waals surface area contributed by atoms with Crippen molar-refractivity contribution in [1.29, 1.82) is 0 Å². The molecule has 2 fully saturated rings. The zero-order valence-electron chi connectivity index (χ0n) is 33.5. The monoisotopic (exact) mass is 784 g/mol. The lowest BCUT2D eigenvalue weighted by molar-refractivity contribution is 0.0487. The summed E-state index contributed by atoms with van der Waals surface area (Å²) >= 11 is 0. The first kappa shape index (κ1) is 36.4. The zero-order chi connectivity index (χ0) is 40.5. The molecule has 0 radical (unpaired) electrons. The summed E-state index contributed by atoms with van der Waals surface area (Å²) in [6.07, 6.45) is 10.1. The minimum absolute atomic E-state index is 0.0204. The Balaban J connectivity index is 0.831. The van der Waals surface area contributed by atoms with Gasteiger partial charge in [0.05, 0.1) is 0 Å². The Morgan fingerprint density at radius 1 is 0.300 bits per heavy atom. The molecule has 6 nitrogen and oxygen atoms in total. The number of rotatable bonds is 6. The van der Waals surface area contributed by atoms with Crippen LogP contribution in [-0.4, -0.2) is 45.5 Å². The van der Waals surface area contributed by atoms with Gasteiger partial charge in [-0.3, -0.25) is 29.0 Å². The van der Waals surface area contributed by atoms with Crippen LogP contribution in [0.25, 0.3) is 66.1 Å². The highest BCUT2D eigenvalue weighted by atomic mass is 16.2. The van der Waals surface area contributed by atoms with E-state index in [0.717, 1.165) is 130 Å². The number of carbonyl (C=O) groups excluding carboxylic acids is 4. The smallest absolute Gasteiger partial charge is 0.261 e. The predicted molar refractivity (Wildman–Crippen MR) is 238 cm³/mol. The van der Waals surface area contributed by atoms with Gasteiger partial charge < -0.3 is 0 Å². The van der Waals surface area contributed by atoms with Gasteiger partial charge >= 0.3 is 0 Å². The lowest BCUT2D eigenvalue weighted by Crippen LogP contribution is -2.47. The molecule has 0 unspecified atom stereocenters. The summed E-state index contributed by atoms with van der Waals surface area (Å²) in [6, 6.07) is 45.1. The van der Waals surface area contributed by atoms with Gasteiger partial charge in [-0.2, -0.15) is 0 Å². The van der Waals surface area contributed by atoms with Crippen molar-refractivity contribution in [2.24, 2.45) is 0 Å². The molecule has 0 spiro atoms. The Kier molecular flexibility index (Phi) is 8.84. The Labute approximate surface area is 349 Å². The molecule has 2 saturated carbocycles. The standard InChI is InChI=1S/C54H44N2O4/c57-51-45-15-7-13-43-41(29-31-47(49(43)45)53(59)55(51)39-9-3-1-4-10-39)37-25-21-35(22-26-37)33-17-19-34(20-18-33)36-23-27-38(28-24-36)42-30-32-48-50-44(42)14-8-16-46(50)52(58)56(54(48)60)40-11-5-2-6-12-40/h7-8,13-32,39-40H,1-6,9-12H2. The van der Waals surface area contributed by atoms with Crippen LogP contribution in [0.1, 0.15) is 106 Å². The molecule has 7 aromatic rings. The van der Waals surface area contributed by atoms with Crippen molar-refractivity contribution in [1.82, 2.24) is 9.80 Å². The lowest BCUT2D eigenvalue weighted by Gasteiger charge is -2.36. The third kappa shape index (κ3) is 5.83. The van der Waals surface area contributed by atoms with Crippen molar-refractivity contribution in [2.75, 3.05) is 0 Å². The summed E-state index contributed by atoms with van der Waals surface area (Å²) < 4.78 is 0. The molecule has 2 aliphatic carbocycles. The normalized spacial score (nSPS) is 17.3. The molecule has 0 saturated heterocycles. The number of carbonyl (C=O) groups is 4. The van der Waals surface area contributed by atoms with Crippen molar-refractivity contribution in [2.45, 2.75) is 76.3 Å². The molecule has 6 heteroatoms. The second-order valence-corrected chi connectivity index (χ2v) is 17.1. The summed E-state index contributed by atoms with van der Waals surface area (Å²) in [7, 11) is 0. The summed E-state index contributed by atoms with van der Waals surface area (Å²) in [5.41, 5.74) is 10.9. The first-order valence-electron chi connectivity index (χ1n) is 21.6. The molecule has 0 aromatic heterocycles. The molecule has 294 valence electrons. The van der Waals surface area contributed by atoms with E-state index in [1.165, 1.54) is 0 Å². The van der Waals surface area contributed by atoms with Gasteiger partial charge in [0.2, 0.25) is 0 Å². The van der Waals surface area contributed by atoms with Gasteiger partial charge in [0.25, 0.3) is 23.6 Å². The number of imide groups is 2. The predicted octanol–water partition coefficient (Wildman–Crippen LogP) is 12.5. The highest BCUT2D eigenvalue weighted by Crippen LogP contribution is 2.41. The quantitative estimate of drug-likeness (QED) is 0.157. The number of hydrogen-bond donors (Lipinski definition) is 0. The van der Waals surface area contributed by atoms with Gasteiger partial charge in [-0.25, -0.2) is 0 Å². The summed E-state index contributed by atoms with van der Waals surface area (Å²) in [5, 5.41) is 3.38. The van der Waals surface area contributed by atoms with E-state index in [9.17, 15) is 19.2 Å². The van der Waals surface area contributed by atoms with Crippen LogP contribution in [0.2, 0.25) is 0 Å². The molecule has 0 N–H and O–H groups in total. The van der Waals surface area contributed by atoms with Crippen molar-refractivity contribution >= 4 is 45.2 Å². The second kappa shape index (κ2) is 14.6. The minimum atomic E-state index is -0.164. The van der Waals surface area contributed by atoms with E-state index in [1.807, 2.05) is 60.7 Å². The van der Waals surface area contributed by atoms with E-state index in [-0.39, 0.29) is 35.7 Å². The summed E-state index contributed by atoms with van der Waals surface area (Å²) in [5.74, 6) is -0.656. The van der Waals surface area contributed by atoms with Crippen molar-refractivity contribution < 1.29 is 19.2 Å². The Morgan fingerprint density at radius 3 is 0.917 bits per heavy atom. The van der Waals surface area contributed by atoms with E-state index in [2.05, 4.69) is 72.8 Å². The fourth-order valence-corrected chi connectivity index (χ4v) is 10.6.